The van der Waals surface area contributed by atoms with Crippen molar-refractivity contribution >= 4 is 34.1 Å². The van der Waals surface area contributed by atoms with Gasteiger partial charge in [-0.25, -0.2) is 4.79 Å². The van der Waals surface area contributed by atoms with Gasteiger partial charge in [-0.3, -0.25) is 0 Å². The highest BCUT2D eigenvalue weighted by molar-refractivity contribution is 14.1. The molecule has 0 unspecified atom stereocenters. The summed E-state index contributed by atoms with van der Waals surface area (Å²) in [5, 5.41) is 0. The molecular formula is C14H17IO2. The summed E-state index contributed by atoms with van der Waals surface area (Å²) in [5.41, 5.74) is 1.51. The van der Waals surface area contributed by atoms with Crippen molar-refractivity contribution in [3.05, 3.63) is 39.5 Å². The first kappa shape index (κ1) is 14.2. The molecule has 0 saturated carbocycles. The number of rotatable bonds is 2. The van der Waals surface area contributed by atoms with E-state index in [1.165, 1.54) is 9.65 Å². The largest absolute Gasteiger partial charge is 0.457 e. The molecule has 3 heteroatoms. The topological polar surface area (TPSA) is 26.3 Å². The second-order valence-electron chi connectivity index (χ2n) is 4.87. The molecule has 0 N–H and O–H groups in total. The average Bonchev–Trinajstić information content (AvgIpc) is 2.15. The second-order valence-corrected chi connectivity index (χ2v) is 6.11. The summed E-state index contributed by atoms with van der Waals surface area (Å²) in [7, 11) is 0. The van der Waals surface area contributed by atoms with Crippen molar-refractivity contribution in [2.45, 2.75) is 33.3 Å². The van der Waals surface area contributed by atoms with E-state index in [-0.39, 0.29) is 5.97 Å². The third-order valence-corrected chi connectivity index (χ3v) is 2.76. The van der Waals surface area contributed by atoms with Crippen LogP contribution in [-0.4, -0.2) is 11.6 Å². The number of hydrogen-bond donors (Lipinski definition) is 0. The van der Waals surface area contributed by atoms with Crippen LogP contribution in [0.5, 0.6) is 0 Å². The molecule has 1 aromatic carbocycles. The summed E-state index contributed by atoms with van der Waals surface area (Å²) in [6, 6.07) is 8.03. The van der Waals surface area contributed by atoms with Crippen molar-refractivity contribution in [3.63, 3.8) is 0 Å². The van der Waals surface area contributed by atoms with E-state index in [2.05, 4.69) is 22.6 Å². The molecule has 1 rings (SSSR count). The third kappa shape index (κ3) is 5.35. The Morgan fingerprint density at radius 2 is 1.76 bits per heavy atom. The summed E-state index contributed by atoms with van der Waals surface area (Å²) < 4.78 is 6.41. The van der Waals surface area contributed by atoms with E-state index in [0.717, 1.165) is 11.1 Å². The number of benzene rings is 1. The molecule has 0 atom stereocenters. The molecule has 0 radical (unpaired) electrons. The number of halogens is 1. The zero-order valence-corrected chi connectivity index (χ0v) is 12.7. The molecule has 0 bridgehead atoms. The predicted octanol–water partition coefficient (Wildman–Crippen LogP) is 4.04. The van der Waals surface area contributed by atoms with Gasteiger partial charge >= 0.3 is 5.97 Å². The number of allylic oxidation sites excluding steroid dienone is 1. The SMILES string of the molecule is C/C(=C\C(=O)OC(C)(C)C)c1ccc(I)cc1. The van der Waals surface area contributed by atoms with Gasteiger partial charge in [0.2, 0.25) is 0 Å². The number of hydrogen-bond acceptors (Lipinski definition) is 2. The maximum atomic E-state index is 11.6. The van der Waals surface area contributed by atoms with E-state index in [4.69, 9.17) is 4.74 Å². The fraction of sp³-hybridized carbons (Fsp3) is 0.357. The van der Waals surface area contributed by atoms with Crippen LogP contribution in [0, 0.1) is 3.57 Å². The van der Waals surface area contributed by atoms with Crippen molar-refractivity contribution in [2.75, 3.05) is 0 Å². The minimum Gasteiger partial charge on any atom is -0.457 e. The summed E-state index contributed by atoms with van der Waals surface area (Å²) >= 11 is 2.25. The Morgan fingerprint density at radius 1 is 1.24 bits per heavy atom. The van der Waals surface area contributed by atoms with E-state index in [1.807, 2.05) is 52.0 Å². The highest BCUT2D eigenvalue weighted by Crippen LogP contribution is 2.16. The first-order chi connectivity index (χ1) is 7.78. The van der Waals surface area contributed by atoms with Crippen molar-refractivity contribution < 1.29 is 9.53 Å². The third-order valence-electron chi connectivity index (χ3n) is 2.04. The first-order valence-corrected chi connectivity index (χ1v) is 6.53. The number of ether oxygens (including phenoxy) is 1. The van der Waals surface area contributed by atoms with Gasteiger partial charge in [0.15, 0.2) is 0 Å². The van der Waals surface area contributed by atoms with Gasteiger partial charge in [0.1, 0.15) is 5.60 Å². The summed E-state index contributed by atoms with van der Waals surface area (Å²) in [6.07, 6.45) is 1.54. The molecule has 17 heavy (non-hydrogen) atoms. The van der Waals surface area contributed by atoms with Crippen LogP contribution >= 0.6 is 22.6 Å². The summed E-state index contributed by atoms with van der Waals surface area (Å²) in [5.74, 6) is -0.298. The highest BCUT2D eigenvalue weighted by atomic mass is 127. The molecular weight excluding hydrogens is 327 g/mol. The number of esters is 1. The maximum absolute atomic E-state index is 11.6. The number of carbonyl (C=O) groups excluding carboxylic acids is 1. The molecule has 2 nitrogen and oxygen atoms in total. The van der Waals surface area contributed by atoms with Crippen molar-refractivity contribution in [1.29, 1.82) is 0 Å². The molecule has 0 aliphatic heterocycles. The molecule has 92 valence electrons. The number of carbonyl (C=O) groups is 1. The van der Waals surface area contributed by atoms with Crippen LogP contribution in [0.25, 0.3) is 5.57 Å². The van der Waals surface area contributed by atoms with Crippen molar-refractivity contribution in [1.82, 2.24) is 0 Å². The van der Waals surface area contributed by atoms with E-state index in [1.54, 1.807) is 0 Å². The monoisotopic (exact) mass is 344 g/mol. The van der Waals surface area contributed by atoms with Crippen LogP contribution in [0.3, 0.4) is 0 Å². The first-order valence-electron chi connectivity index (χ1n) is 5.45. The molecule has 0 aliphatic rings. The quantitative estimate of drug-likeness (QED) is 0.460. The fourth-order valence-electron chi connectivity index (χ4n) is 1.30. The standard InChI is InChI=1S/C14H17IO2/c1-10(9-13(16)17-14(2,3)4)11-5-7-12(15)8-6-11/h5-9H,1-4H3/b10-9+. The Bertz CT molecular complexity index is 425. The average molecular weight is 344 g/mol. The van der Waals surface area contributed by atoms with Gasteiger partial charge in [0.25, 0.3) is 0 Å². The highest BCUT2D eigenvalue weighted by Gasteiger charge is 2.14. The Balaban J connectivity index is 2.79. The smallest absolute Gasteiger partial charge is 0.331 e. The molecule has 0 amide bonds. The molecule has 0 fully saturated rings. The van der Waals surface area contributed by atoms with Gasteiger partial charge in [-0.1, -0.05) is 12.1 Å². The zero-order valence-electron chi connectivity index (χ0n) is 10.6. The normalized spacial score (nSPS) is 12.4. The van der Waals surface area contributed by atoms with Crippen molar-refractivity contribution in [2.24, 2.45) is 0 Å². The van der Waals surface area contributed by atoms with Crippen molar-refractivity contribution in [3.8, 4) is 0 Å². The lowest BCUT2D eigenvalue weighted by Gasteiger charge is -2.18. The van der Waals surface area contributed by atoms with Gasteiger partial charge in [0.05, 0.1) is 0 Å². The van der Waals surface area contributed by atoms with E-state index >= 15 is 0 Å². The van der Waals surface area contributed by atoms with Crippen LogP contribution in [0.2, 0.25) is 0 Å². The fourth-order valence-corrected chi connectivity index (χ4v) is 1.66. The maximum Gasteiger partial charge on any atom is 0.331 e. The Hall–Kier alpha value is -0.840. The minimum atomic E-state index is -0.445. The van der Waals surface area contributed by atoms with Gasteiger partial charge in [-0.15, -0.1) is 0 Å². The molecule has 0 spiro atoms. The lowest BCUT2D eigenvalue weighted by molar-refractivity contribution is -0.148. The Kier molecular flexibility index (Phi) is 4.74. The second kappa shape index (κ2) is 5.67. The Labute approximate surface area is 116 Å². The predicted molar refractivity (Wildman–Crippen MR) is 78.7 cm³/mol. The van der Waals surface area contributed by atoms with Gasteiger partial charge < -0.3 is 4.74 Å². The molecule has 0 aliphatic carbocycles. The van der Waals surface area contributed by atoms with Crippen LogP contribution < -0.4 is 0 Å². The van der Waals surface area contributed by atoms with Gasteiger partial charge in [-0.05, 0) is 73.6 Å². The van der Waals surface area contributed by atoms with Crippen LogP contribution in [0.15, 0.2) is 30.3 Å². The minimum absolute atomic E-state index is 0.298. The molecule has 0 heterocycles. The van der Waals surface area contributed by atoms with Crippen LogP contribution in [0.4, 0.5) is 0 Å². The van der Waals surface area contributed by atoms with Crippen LogP contribution in [0.1, 0.15) is 33.3 Å². The molecule has 0 aromatic heterocycles. The van der Waals surface area contributed by atoms with Gasteiger partial charge in [-0.2, -0.15) is 0 Å². The lowest BCUT2D eigenvalue weighted by atomic mass is 10.1. The zero-order chi connectivity index (χ0) is 13.1. The Morgan fingerprint density at radius 3 is 2.24 bits per heavy atom. The molecule has 0 saturated heterocycles. The van der Waals surface area contributed by atoms with E-state index in [0.29, 0.717) is 0 Å². The summed E-state index contributed by atoms with van der Waals surface area (Å²) in [4.78, 5) is 11.6. The summed E-state index contributed by atoms with van der Waals surface area (Å²) in [6.45, 7) is 7.49. The van der Waals surface area contributed by atoms with Gasteiger partial charge in [0, 0.05) is 9.65 Å². The lowest BCUT2D eigenvalue weighted by Crippen LogP contribution is -2.22. The van der Waals surface area contributed by atoms with E-state index in [9.17, 15) is 4.79 Å². The van der Waals surface area contributed by atoms with Crippen LogP contribution in [-0.2, 0) is 9.53 Å². The van der Waals surface area contributed by atoms with E-state index < -0.39 is 5.60 Å². The molecule has 1 aromatic rings.